The van der Waals surface area contributed by atoms with Gasteiger partial charge in [0, 0.05) is 32.4 Å². The molecule has 5 nitrogen and oxygen atoms in total. The molecule has 1 aromatic heterocycles. The monoisotopic (exact) mass is 342 g/mol. The Labute approximate surface area is 150 Å². The van der Waals surface area contributed by atoms with E-state index in [0.29, 0.717) is 5.41 Å². The Morgan fingerprint density at radius 2 is 1.76 bits per heavy atom. The van der Waals surface area contributed by atoms with Gasteiger partial charge in [-0.2, -0.15) is 0 Å². The summed E-state index contributed by atoms with van der Waals surface area (Å²) in [4.78, 5) is 7.36. The van der Waals surface area contributed by atoms with E-state index in [0.717, 1.165) is 44.9 Å². The van der Waals surface area contributed by atoms with E-state index in [1.54, 1.807) is 0 Å². The van der Waals surface area contributed by atoms with Gasteiger partial charge in [-0.25, -0.2) is 0 Å². The molecule has 1 aliphatic carbocycles. The Morgan fingerprint density at radius 3 is 2.40 bits per heavy atom. The zero-order valence-corrected chi connectivity index (χ0v) is 15.1. The van der Waals surface area contributed by atoms with Gasteiger partial charge in [-0.05, 0) is 49.7 Å². The number of nitrogens with one attached hydrogen (secondary N) is 2. The van der Waals surface area contributed by atoms with Crippen molar-refractivity contribution in [1.29, 1.82) is 0 Å². The lowest BCUT2D eigenvalue weighted by Crippen LogP contribution is -2.83. The normalized spacial score (nSPS) is 38.1. The molecule has 0 bridgehead atoms. The van der Waals surface area contributed by atoms with Crippen LogP contribution in [-0.4, -0.2) is 48.3 Å². The predicted molar refractivity (Wildman–Crippen MR) is 96.9 cm³/mol. The summed E-state index contributed by atoms with van der Waals surface area (Å²) < 4.78 is 6.64. The molecule has 5 rings (SSSR count). The van der Waals surface area contributed by atoms with Crippen LogP contribution in [0, 0.1) is 5.41 Å². The van der Waals surface area contributed by atoms with Gasteiger partial charge in [-0.3, -0.25) is 20.5 Å². The highest BCUT2D eigenvalue weighted by Gasteiger charge is 2.63. The molecule has 0 radical (unpaired) electrons. The van der Waals surface area contributed by atoms with Crippen LogP contribution in [-0.2, 0) is 10.5 Å². The summed E-state index contributed by atoms with van der Waals surface area (Å²) in [6, 6.07) is 6.24. The van der Waals surface area contributed by atoms with Crippen molar-refractivity contribution in [2.45, 2.75) is 56.3 Å². The van der Waals surface area contributed by atoms with Crippen molar-refractivity contribution >= 4 is 0 Å². The molecule has 2 N–H and O–H groups in total. The number of aromatic nitrogens is 1. The third-order valence-corrected chi connectivity index (χ3v) is 7.29. The van der Waals surface area contributed by atoms with E-state index in [1.165, 1.54) is 38.5 Å². The van der Waals surface area contributed by atoms with E-state index < -0.39 is 5.72 Å². The summed E-state index contributed by atoms with van der Waals surface area (Å²) in [7, 11) is 0. The summed E-state index contributed by atoms with van der Waals surface area (Å²) in [5.41, 5.74) is 0.992. The lowest BCUT2D eigenvalue weighted by Gasteiger charge is -2.63. The highest BCUT2D eigenvalue weighted by molar-refractivity contribution is 5.25. The minimum Gasteiger partial charge on any atom is -0.350 e. The largest absolute Gasteiger partial charge is 0.350 e. The standard InChI is InChI=1S/C20H30N4O/c1-4-11-21-17(5-1)20(19(8-12-22-19)23-13-16-25-20)24-14-9-18(10-15-24)6-2-3-7-18/h1,4-5,11,22-23H,2-3,6-10,12-16H2. The summed E-state index contributed by atoms with van der Waals surface area (Å²) in [5.74, 6) is 0. The first-order valence-corrected chi connectivity index (χ1v) is 10.1. The fourth-order valence-corrected chi connectivity index (χ4v) is 5.82. The Kier molecular flexibility index (Phi) is 3.89. The molecule has 25 heavy (non-hydrogen) atoms. The van der Waals surface area contributed by atoms with Gasteiger partial charge in [-0.1, -0.05) is 18.9 Å². The van der Waals surface area contributed by atoms with Gasteiger partial charge in [0.1, 0.15) is 5.66 Å². The lowest BCUT2D eigenvalue weighted by atomic mass is 9.74. The average Bonchev–Trinajstić information content (AvgIpc) is 3.09. The van der Waals surface area contributed by atoms with E-state index in [1.807, 2.05) is 12.3 Å². The molecule has 5 heteroatoms. The molecule has 0 amide bonds. The number of likely N-dealkylation sites (tertiary alicyclic amines) is 1. The first-order valence-electron chi connectivity index (χ1n) is 10.1. The predicted octanol–water partition coefficient (Wildman–Crippen LogP) is 2.20. The van der Waals surface area contributed by atoms with Gasteiger partial charge < -0.3 is 4.74 Å². The summed E-state index contributed by atoms with van der Waals surface area (Å²) in [6.45, 7) is 4.91. The van der Waals surface area contributed by atoms with Crippen LogP contribution < -0.4 is 10.6 Å². The maximum absolute atomic E-state index is 6.64. The number of hydrogen-bond donors (Lipinski definition) is 2. The van der Waals surface area contributed by atoms with Crippen molar-refractivity contribution in [2.75, 3.05) is 32.8 Å². The van der Waals surface area contributed by atoms with Crippen molar-refractivity contribution in [3.8, 4) is 0 Å². The average molecular weight is 342 g/mol. The maximum atomic E-state index is 6.64. The quantitative estimate of drug-likeness (QED) is 0.863. The number of nitrogens with zero attached hydrogens (tertiary/aromatic N) is 2. The zero-order valence-electron chi connectivity index (χ0n) is 15.1. The second-order valence-electron chi connectivity index (χ2n) is 8.41. The molecule has 0 aromatic carbocycles. The molecule has 1 saturated carbocycles. The van der Waals surface area contributed by atoms with Gasteiger partial charge >= 0.3 is 0 Å². The SMILES string of the molecule is c1ccc(C2(N3CCC4(CCCC4)CC3)OCCNC23CCN3)nc1. The molecule has 2 unspecified atom stereocenters. The summed E-state index contributed by atoms with van der Waals surface area (Å²) >= 11 is 0. The van der Waals surface area contributed by atoms with Crippen LogP contribution in [0.2, 0.25) is 0 Å². The maximum Gasteiger partial charge on any atom is 0.196 e. The number of ether oxygens (including phenoxy) is 1. The highest BCUT2D eigenvalue weighted by atomic mass is 16.5. The van der Waals surface area contributed by atoms with Crippen molar-refractivity contribution in [1.82, 2.24) is 20.5 Å². The van der Waals surface area contributed by atoms with Gasteiger partial charge in [0.15, 0.2) is 5.72 Å². The van der Waals surface area contributed by atoms with E-state index >= 15 is 0 Å². The number of pyridine rings is 1. The highest BCUT2D eigenvalue weighted by Crippen LogP contribution is 2.51. The van der Waals surface area contributed by atoms with Crippen LogP contribution in [0.5, 0.6) is 0 Å². The molecule has 4 fully saturated rings. The molecule has 2 spiro atoms. The van der Waals surface area contributed by atoms with Crippen LogP contribution in [0.4, 0.5) is 0 Å². The molecule has 1 aromatic rings. The van der Waals surface area contributed by atoms with Crippen molar-refractivity contribution < 1.29 is 4.74 Å². The number of rotatable bonds is 2. The minimum atomic E-state index is -0.481. The number of piperidine rings is 1. The molecule has 3 aliphatic heterocycles. The molecule has 2 atom stereocenters. The van der Waals surface area contributed by atoms with Crippen LogP contribution in [0.1, 0.15) is 50.6 Å². The molecular weight excluding hydrogens is 312 g/mol. The van der Waals surface area contributed by atoms with E-state index in [-0.39, 0.29) is 5.66 Å². The minimum absolute atomic E-state index is 0.195. The van der Waals surface area contributed by atoms with Crippen molar-refractivity contribution in [2.24, 2.45) is 5.41 Å². The summed E-state index contributed by atoms with van der Waals surface area (Å²) in [5, 5.41) is 7.45. The van der Waals surface area contributed by atoms with E-state index in [4.69, 9.17) is 9.72 Å². The second-order valence-corrected chi connectivity index (χ2v) is 8.41. The molecular formula is C20H30N4O. The van der Waals surface area contributed by atoms with Crippen LogP contribution in [0.3, 0.4) is 0 Å². The smallest absolute Gasteiger partial charge is 0.196 e. The van der Waals surface area contributed by atoms with E-state index in [9.17, 15) is 0 Å². The Balaban J connectivity index is 1.50. The Morgan fingerprint density at radius 1 is 0.960 bits per heavy atom. The lowest BCUT2D eigenvalue weighted by molar-refractivity contribution is -0.272. The fraction of sp³-hybridized carbons (Fsp3) is 0.750. The van der Waals surface area contributed by atoms with Crippen LogP contribution in [0.15, 0.2) is 24.4 Å². The molecule has 3 saturated heterocycles. The van der Waals surface area contributed by atoms with E-state index in [2.05, 4.69) is 27.7 Å². The fourth-order valence-electron chi connectivity index (χ4n) is 5.82. The van der Waals surface area contributed by atoms with Crippen LogP contribution in [0.25, 0.3) is 0 Å². The first-order chi connectivity index (χ1) is 12.3. The molecule has 136 valence electrons. The topological polar surface area (TPSA) is 49.4 Å². The zero-order chi connectivity index (χ0) is 16.8. The van der Waals surface area contributed by atoms with Gasteiger partial charge in [0.2, 0.25) is 0 Å². The molecule has 4 heterocycles. The Hall–Kier alpha value is -1.01. The van der Waals surface area contributed by atoms with Crippen molar-refractivity contribution in [3.63, 3.8) is 0 Å². The summed E-state index contributed by atoms with van der Waals surface area (Å²) in [6.07, 6.45) is 11.3. The van der Waals surface area contributed by atoms with Gasteiger partial charge in [0.05, 0.1) is 12.3 Å². The third kappa shape index (κ3) is 2.33. The van der Waals surface area contributed by atoms with Gasteiger partial charge in [0.25, 0.3) is 0 Å². The first kappa shape index (κ1) is 16.2. The second kappa shape index (κ2) is 6.02. The number of hydrogen-bond acceptors (Lipinski definition) is 5. The Bertz CT molecular complexity index is 601. The van der Waals surface area contributed by atoms with Crippen molar-refractivity contribution in [3.05, 3.63) is 30.1 Å². The van der Waals surface area contributed by atoms with Crippen LogP contribution >= 0.6 is 0 Å². The van der Waals surface area contributed by atoms with Gasteiger partial charge in [-0.15, -0.1) is 0 Å². The molecule has 4 aliphatic rings. The number of morpholine rings is 1. The third-order valence-electron chi connectivity index (χ3n) is 7.29.